The quantitative estimate of drug-likeness (QED) is 0.273. The third kappa shape index (κ3) is 3.84. The number of rotatable bonds is 5. The monoisotopic (exact) mass is 393 g/mol. The van der Waals surface area contributed by atoms with Gasteiger partial charge in [-0.05, 0) is 42.5 Å². The van der Waals surface area contributed by atoms with Crippen molar-refractivity contribution < 1.29 is 4.92 Å². The van der Waals surface area contributed by atoms with E-state index >= 15 is 0 Å². The molecule has 2 aromatic heterocycles. The number of pyridine rings is 1. The number of para-hydroxylation sites is 1. The first kappa shape index (κ1) is 18.8. The van der Waals surface area contributed by atoms with Crippen LogP contribution < -0.4 is 0 Å². The summed E-state index contributed by atoms with van der Waals surface area (Å²) in [6, 6.07) is 23.3. The molecule has 7 nitrogen and oxygen atoms in total. The Labute approximate surface area is 172 Å². The fraction of sp³-hybridized carbons (Fsp3) is 0. The molecule has 0 atom stereocenters. The molecule has 0 aliphatic carbocycles. The largest absolute Gasteiger partial charge is 0.269 e. The predicted octanol–water partition coefficient (Wildman–Crippen LogP) is 4.91. The van der Waals surface area contributed by atoms with Crippen molar-refractivity contribution in [1.82, 2.24) is 14.8 Å². The van der Waals surface area contributed by atoms with Gasteiger partial charge in [-0.2, -0.15) is 10.4 Å². The number of nitro benzene ring substituents is 1. The SMILES string of the molecule is N#C/C(=C/c1cn(-c2ccccc2)nc1-c1ccc([N+](=O)[O-])cc1)c1ccccn1. The Morgan fingerprint density at radius 2 is 1.77 bits per heavy atom. The second kappa shape index (κ2) is 8.20. The molecule has 0 bridgehead atoms. The van der Waals surface area contributed by atoms with Gasteiger partial charge in [0.05, 0.1) is 27.6 Å². The molecule has 144 valence electrons. The summed E-state index contributed by atoms with van der Waals surface area (Å²) in [7, 11) is 0. The third-order valence-corrected chi connectivity index (χ3v) is 4.48. The summed E-state index contributed by atoms with van der Waals surface area (Å²) in [5.74, 6) is 0. The average molecular weight is 393 g/mol. The van der Waals surface area contributed by atoms with E-state index in [0.29, 0.717) is 28.1 Å². The Balaban J connectivity index is 1.86. The summed E-state index contributed by atoms with van der Waals surface area (Å²) in [4.78, 5) is 14.8. The summed E-state index contributed by atoms with van der Waals surface area (Å²) in [6.45, 7) is 0. The molecule has 30 heavy (non-hydrogen) atoms. The molecular weight excluding hydrogens is 378 g/mol. The van der Waals surface area contributed by atoms with Crippen LogP contribution in [0, 0.1) is 21.4 Å². The lowest BCUT2D eigenvalue weighted by Gasteiger charge is -2.01. The van der Waals surface area contributed by atoms with Crippen LogP contribution in [0.1, 0.15) is 11.3 Å². The number of nitrogens with zero attached hydrogens (tertiary/aromatic N) is 5. The highest BCUT2D eigenvalue weighted by Gasteiger charge is 2.14. The fourth-order valence-corrected chi connectivity index (χ4v) is 3.01. The molecule has 0 spiro atoms. The minimum atomic E-state index is -0.442. The molecule has 2 aromatic carbocycles. The van der Waals surface area contributed by atoms with Crippen molar-refractivity contribution in [3.05, 3.63) is 107 Å². The van der Waals surface area contributed by atoms with Crippen LogP contribution in [-0.2, 0) is 0 Å². The van der Waals surface area contributed by atoms with Gasteiger partial charge in [0, 0.05) is 35.7 Å². The van der Waals surface area contributed by atoms with E-state index in [9.17, 15) is 15.4 Å². The van der Waals surface area contributed by atoms with Crippen LogP contribution in [0.2, 0.25) is 0 Å². The van der Waals surface area contributed by atoms with Crippen molar-refractivity contribution in [3.63, 3.8) is 0 Å². The van der Waals surface area contributed by atoms with E-state index in [0.717, 1.165) is 5.69 Å². The second-order valence-corrected chi connectivity index (χ2v) is 6.40. The smallest absolute Gasteiger partial charge is 0.258 e. The minimum Gasteiger partial charge on any atom is -0.258 e. The van der Waals surface area contributed by atoms with Crippen LogP contribution in [0.5, 0.6) is 0 Å². The fourth-order valence-electron chi connectivity index (χ4n) is 3.01. The molecule has 0 saturated heterocycles. The van der Waals surface area contributed by atoms with E-state index in [4.69, 9.17) is 0 Å². The van der Waals surface area contributed by atoms with Gasteiger partial charge < -0.3 is 0 Å². The minimum absolute atomic E-state index is 0.00420. The molecule has 0 unspecified atom stereocenters. The Hall–Kier alpha value is -4.57. The Morgan fingerprint density at radius 3 is 2.40 bits per heavy atom. The molecule has 0 N–H and O–H groups in total. The Bertz CT molecular complexity index is 1250. The van der Waals surface area contributed by atoms with Crippen molar-refractivity contribution in [2.75, 3.05) is 0 Å². The summed E-state index contributed by atoms with van der Waals surface area (Å²) in [5, 5.41) is 25.3. The maximum atomic E-state index is 11.0. The number of benzene rings is 2. The van der Waals surface area contributed by atoms with Crippen molar-refractivity contribution in [3.8, 4) is 23.0 Å². The number of hydrogen-bond acceptors (Lipinski definition) is 5. The van der Waals surface area contributed by atoms with Gasteiger partial charge in [0.1, 0.15) is 6.07 Å². The lowest BCUT2D eigenvalue weighted by molar-refractivity contribution is -0.384. The van der Waals surface area contributed by atoms with Crippen LogP contribution in [0.15, 0.2) is 85.2 Å². The highest BCUT2D eigenvalue weighted by atomic mass is 16.6. The summed E-state index contributed by atoms with van der Waals surface area (Å²) < 4.78 is 1.72. The lowest BCUT2D eigenvalue weighted by atomic mass is 10.0. The molecular formula is C23H15N5O2. The predicted molar refractivity (Wildman–Crippen MR) is 113 cm³/mol. The average Bonchev–Trinajstić information content (AvgIpc) is 3.22. The maximum Gasteiger partial charge on any atom is 0.269 e. The Morgan fingerprint density at radius 1 is 1.03 bits per heavy atom. The number of allylic oxidation sites excluding steroid dienone is 1. The first-order chi connectivity index (χ1) is 14.7. The number of nitriles is 1. The van der Waals surface area contributed by atoms with Crippen molar-refractivity contribution >= 4 is 17.3 Å². The van der Waals surface area contributed by atoms with Gasteiger partial charge in [-0.1, -0.05) is 24.3 Å². The van der Waals surface area contributed by atoms with E-state index in [2.05, 4.69) is 16.2 Å². The van der Waals surface area contributed by atoms with E-state index < -0.39 is 4.92 Å². The zero-order valence-electron chi connectivity index (χ0n) is 15.7. The number of aromatic nitrogens is 3. The van der Waals surface area contributed by atoms with Gasteiger partial charge in [-0.15, -0.1) is 0 Å². The lowest BCUT2D eigenvalue weighted by Crippen LogP contribution is -1.94. The molecule has 0 amide bonds. The van der Waals surface area contributed by atoms with Crippen molar-refractivity contribution in [1.29, 1.82) is 5.26 Å². The van der Waals surface area contributed by atoms with E-state index in [1.807, 2.05) is 42.6 Å². The van der Waals surface area contributed by atoms with Crippen LogP contribution >= 0.6 is 0 Å². The van der Waals surface area contributed by atoms with E-state index in [1.54, 1.807) is 41.2 Å². The molecule has 0 aliphatic heterocycles. The van der Waals surface area contributed by atoms with Gasteiger partial charge >= 0.3 is 0 Å². The van der Waals surface area contributed by atoms with Crippen LogP contribution in [0.25, 0.3) is 28.6 Å². The highest BCUT2D eigenvalue weighted by molar-refractivity contribution is 5.91. The van der Waals surface area contributed by atoms with Gasteiger partial charge in [-0.25, -0.2) is 4.68 Å². The van der Waals surface area contributed by atoms with Crippen LogP contribution in [0.4, 0.5) is 5.69 Å². The number of hydrogen-bond donors (Lipinski definition) is 0. The highest BCUT2D eigenvalue weighted by Crippen LogP contribution is 2.28. The molecule has 2 heterocycles. The van der Waals surface area contributed by atoms with Gasteiger partial charge in [0.25, 0.3) is 5.69 Å². The maximum absolute atomic E-state index is 11.0. The van der Waals surface area contributed by atoms with Gasteiger partial charge in [0.15, 0.2) is 0 Å². The normalized spacial score (nSPS) is 11.1. The van der Waals surface area contributed by atoms with E-state index in [-0.39, 0.29) is 5.69 Å². The van der Waals surface area contributed by atoms with Gasteiger partial charge in [0.2, 0.25) is 0 Å². The topological polar surface area (TPSA) is 97.6 Å². The first-order valence-electron chi connectivity index (χ1n) is 9.09. The molecule has 0 radical (unpaired) electrons. The second-order valence-electron chi connectivity index (χ2n) is 6.40. The summed E-state index contributed by atoms with van der Waals surface area (Å²) >= 11 is 0. The zero-order chi connectivity index (χ0) is 20.9. The molecule has 0 fully saturated rings. The van der Waals surface area contributed by atoms with E-state index in [1.165, 1.54) is 12.1 Å². The molecule has 0 saturated carbocycles. The first-order valence-corrected chi connectivity index (χ1v) is 9.09. The standard InChI is InChI=1S/C23H15N5O2/c24-15-18(22-8-4-5-13-25-22)14-19-16-27(20-6-2-1-3-7-20)26-23(19)17-9-11-21(12-10-17)28(29)30/h1-14,16H/b18-14-. The van der Waals surface area contributed by atoms with Gasteiger partial charge in [-0.3, -0.25) is 15.1 Å². The number of nitro groups is 1. The number of non-ortho nitro benzene ring substituents is 1. The summed E-state index contributed by atoms with van der Waals surface area (Å²) in [6.07, 6.45) is 5.18. The molecule has 4 rings (SSSR count). The zero-order valence-corrected chi connectivity index (χ0v) is 15.7. The van der Waals surface area contributed by atoms with Crippen LogP contribution in [0.3, 0.4) is 0 Å². The van der Waals surface area contributed by atoms with Crippen molar-refractivity contribution in [2.45, 2.75) is 0 Å². The summed E-state index contributed by atoms with van der Waals surface area (Å²) in [5.41, 5.74) is 3.84. The van der Waals surface area contributed by atoms with Crippen molar-refractivity contribution in [2.24, 2.45) is 0 Å². The third-order valence-electron chi connectivity index (χ3n) is 4.48. The van der Waals surface area contributed by atoms with Crippen LogP contribution in [-0.4, -0.2) is 19.7 Å². The molecule has 0 aliphatic rings. The molecule has 4 aromatic rings. The Kier molecular flexibility index (Phi) is 5.14. The molecule has 7 heteroatoms.